The number of amides is 1. The number of carbonyl (C=O) groups excluding carboxylic acids is 3. The molecule has 5 rings (SSSR count). The Morgan fingerprint density at radius 3 is 2.24 bits per heavy atom. The van der Waals surface area contributed by atoms with Gasteiger partial charge in [-0.05, 0) is 31.4 Å². The minimum Gasteiger partial charge on any atom is -0.872 e. The summed E-state index contributed by atoms with van der Waals surface area (Å²) < 4.78 is 23.1. The van der Waals surface area contributed by atoms with E-state index >= 15 is 0 Å². The van der Waals surface area contributed by atoms with Gasteiger partial charge in [-0.1, -0.05) is 51.7 Å². The molecule has 14 heteroatoms. The first kappa shape index (κ1) is 41.8. The predicted molar refractivity (Wildman–Crippen MR) is 182 cm³/mol. The minimum absolute atomic E-state index is 0. The number of phenols is 2. The fourth-order valence-corrected chi connectivity index (χ4v) is 6.63. The number of phenolic OH excluding ortho intramolecular Hbond substituents is 2. The third kappa shape index (κ3) is 8.08. The van der Waals surface area contributed by atoms with Crippen LogP contribution in [0, 0.1) is 30.6 Å². The van der Waals surface area contributed by atoms with Crippen molar-refractivity contribution in [2.75, 3.05) is 12.4 Å². The number of aliphatic hydroxyl groups is 2. The van der Waals surface area contributed by atoms with Crippen LogP contribution in [0.2, 0.25) is 0 Å². The molecule has 5 N–H and O–H groups in total. The van der Waals surface area contributed by atoms with Crippen LogP contribution in [0.25, 0.3) is 10.8 Å². The number of methoxy groups -OCH3 is 1. The molecule has 0 aromatic heterocycles. The van der Waals surface area contributed by atoms with Crippen molar-refractivity contribution in [1.82, 2.24) is 0 Å². The van der Waals surface area contributed by atoms with Gasteiger partial charge in [-0.3, -0.25) is 14.4 Å². The van der Waals surface area contributed by atoms with Crippen LogP contribution in [0.4, 0.5) is 5.69 Å². The molecule has 0 aliphatic carbocycles. The van der Waals surface area contributed by atoms with Gasteiger partial charge in [0.15, 0.2) is 5.75 Å². The summed E-state index contributed by atoms with van der Waals surface area (Å²) in [5, 5.41) is 60.2. The number of ketones is 1. The number of hydrogen-bond donors (Lipinski definition) is 5. The monoisotopic (exact) mass is 719 g/mol. The van der Waals surface area contributed by atoms with Gasteiger partial charge in [-0.25, -0.2) is 0 Å². The van der Waals surface area contributed by atoms with Crippen molar-refractivity contribution in [2.24, 2.45) is 23.7 Å². The molecule has 0 saturated carbocycles. The second-order valence-electron chi connectivity index (χ2n) is 13.4. The average Bonchev–Trinajstić information content (AvgIpc) is 3.33. The molecule has 0 fully saturated rings. The number of hydrogen-bond acceptors (Lipinski definition) is 12. The van der Waals surface area contributed by atoms with Crippen LogP contribution >= 0.6 is 0 Å². The van der Waals surface area contributed by atoms with Crippen LogP contribution < -0.4 is 44.7 Å². The molecule has 3 aliphatic rings. The van der Waals surface area contributed by atoms with Crippen LogP contribution in [0.15, 0.2) is 42.2 Å². The van der Waals surface area contributed by atoms with Gasteiger partial charge in [0.1, 0.15) is 17.6 Å². The predicted octanol–water partition coefficient (Wildman–Crippen LogP) is 1.13. The minimum atomic E-state index is -2.01. The number of allylic oxidation sites excluding steroid dienone is 2. The van der Waals surface area contributed by atoms with E-state index in [9.17, 15) is 39.9 Å². The molecule has 2 aromatic carbocycles. The molecule has 0 radical (unpaired) electrons. The Morgan fingerprint density at radius 1 is 0.980 bits per heavy atom. The van der Waals surface area contributed by atoms with Gasteiger partial charge in [0, 0.05) is 55.8 Å². The maximum Gasteiger partial charge on any atom is 1.00 e. The van der Waals surface area contributed by atoms with Crippen molar-refractivity contribution >= 4 is 34.1 Å². The number of benzene rings is 2. The molecular formula is C37H46NNaO12. The van der Waals surface area contributed by atoms with Crippen molar-refractivity contribution in [3.05, 3.63) is 53.3 Å². The molecular weight excluding hydrogens is 673 g/mol. The van der Waals surface area contributed by atoms with Gasteiger partial charge < -0.3 is 49.8 Å². The summed E-state index contributed by atoms with van der Waals surface area (Å²) >= 11 is 0. The smallest absolute Gasteiger partial charge is 0.872 e. The fourth-order valence-electron chi connectivity index (χ4n) is 6.63. The van der Waals surface area contributed by atoms with Gasteiger partial charge >= 0.3 is 41.3 Å². The van der Waals surface area contributed by atoms with Crippen molar-refractivity contribution in [3.8, 4) is 23.0 Å². The Bertz CT molecular complexity index is 1770. The van der Waals surface area contributed by atoms with E-state index in [4.69, 9.17) is 18.9 Å². The quantitative estimate of drug-likeness (QED) is 0.168. The third-order valence-electron chi connectivity index (χ3n) is 9.82. The Labute approximate surface area is 319 Å². The summed E-state index contributed by atoms with van der Waals surface area (Å²) in [5.41, 5.74) is -0.266. The molecule has 13 nitrogen and oxygen atoms in total. The van der Waals surface area contributed by atoms with Crippen molar-refractivity contribution in [1.29, 1.82) is 0 Å². The zero-order valence-electron chi connectivity index (χ0n) is 30.6. The molecule has 5 bridgehead atoms. The molecule has 0 saturated heterocycles. The maximum atomic E-state index is 13.9. The SMILES string of the molecule is COC1/C=C\OC2(C)Oc3c(C)c(O)c4c(O)c(cc([O-])c4c3C2=O)NC(=O)/C(C)=C\C=C/C(C)C(O)C(C)C(O)C(C)C(OC(C)=O)C1C.[Na+]. The van der Waals surface area contributed by atoms with E-state index in [2.05, 4.69) is 5.32 Å². The van der Waals surface area contributed by atoms with Crippen LogP contribution in [0.1, 0.15) is 64.4 Å². The van der Waals surface area contributed by atoms with E-state index in [0.29, 0.717) is 0 Å². The number of carbonyl (C=O) groups is 3. The Kier molecular flexibility index (Phi) is 13.4. The first-order valence-electron chi connectivity index (χ1n) is 16.4. The number of ether oxygens (including phenoxy) is 4. The fraction of sp³-hybridized carbons (Fsp3) is 0.486. The van der Waals surface area contributed by atoms with E-state index < -0.39 is 88.8 Å². The standard InChI is InChI=1S/C37H47NO12.Na/c1-16-11-10-12-17(2)36(46)38-23-15-24(40)26-27(32(23)44)31(43)21(6)34-28(26)35(45)37(8,50-34)48-14-13-25(47-9)18(3)33(49-22(7)39)20(5)30(42)19(4)29(16)41;/h10-16,18-20,25,29-30,33,40-44H,1-9H3,(H,38,46);/q;+1/p-1/b11-10-,14-13-,17-12-;. The van der Waals surface area contributed by atoms with E-state index in [1.807, 2.05) is 0 Å². The maximum absolute atomic E-state index is 13.9. The summed E-state index contributed by atoms with van der Waals surface area (Å²) in [6, 6.07) is 0.951. The molecule has 3 heterocycles. The molecule has 9 unspecified atom stereocenters. The number of aliphatic hydroxyl groups excluding tert-OH is 2. The van der Waals surface area contributed by atoms with Gasteiger partial charge in [0.2, 0.25) is 0 Å². The third-order valence-corrected chi connectivity index (χ3v) is 9.82. The van der Waals surface area contributed by atoms with Crippen LogP contribution in [0.5, 0.6) is 23.0 Å². The Hall–Kier alpha value is -3.59. The van der Waals surface area contributed by atoms with E-state index in [-0.39, 0.29) is 68.5 Å². The second kappa shape index (κ2) is 16.4. The molecule has 2 aromatic rings. The van der Waals surface area contributed by atoms with Crippen molar-refractivity contribution < 1.29 is 88.4 Å². The topological polar surface area (TPSA) is 204 Å². The zero-order valence-corrected chi connectivity index (χ0v) is 32.6. The molecule has 9 atom stereocenters. The molecule has 3 aliphatic heterocycles. The Morgan fingerprint density at radius 2 is 1.63 bits per heavy atom. The van der Waals surface area contributed by atoms with Crippen LogP contribution in [-0.4, -0.2) is 75.4 Å². The van der Waals surface area contributed by atoms with Crippen LogP contribution in [0.3, 0.4) is 0 Å². The number of rotatable bonds is 2. The molecule has 272 valence electrons. The largest absolute Gasteiger partial charge is 1.00 e. The summed E-state index contributed by atoms with van der Waals surface area (Å²) in [5.74, 6) is -8.49. The number of nitrogens with one attached hydrogen (secondary N) is 1. The number of fused-ring (bicyclic) bond motifs is 14. The van der Waals surface area contributed by atoms with E-state index in [1.54, 1.807) is 39.8 Å². The van der Waals surface area contributed by atoms with E-state index in [1.165, 1.54) is 53.2 Å². The number of Topliss-reactive ketones (excluding diaryl/α,β-unsaturated/α-hetero) is 1. The van der Waals surface area contributed by atoms with Crippen molar-refractivity contribution in [2.45, 2.75) is 85.6 Å². The average molecular weight is 720 g/mol. The first-order chi connectivity index (χ1) is 23.4. The van der Waals surface area contributed by atoms with Gasteiger partial charge in [0.25, 0.3) is 11.7 Å². The van der Waals surface area contributed by atoms with Crippen LogP contribution in [-0.2, 0) is 23.8 Å². The number of esters is 1. The van der Waals surface area contributed by atoms with Gasteiger partial charge in [-0.2, -0.15) is 0 Å². The zero-order chi connectivity index (χ0) is 37.4. The molecule has 51 heavy (non-hydrogen) atoms. The summed E-state index contributed by atoms with van der Waals surface area (Å²) in [6.45, 7) is 12.4. The van der Waals surface area contributed by atoms with E-state index in [0.717, 1.165) is 6.07 Å². The first-order valence-corrected chi connectivity index (χ1v) is 16.4. The summed E-state index contributed by atoms with van der Waals surface area (Å²) in [4.78, 5) is 39.2. The normalized spacial score (nSPS) is 32.6. The summed E-state index contributed by atoms with van der Waals surface area (Å²) in [6.07, 6.45) is 3.52. The van der Waals surface area contributed by atoms with Gasteiger partial charge in [0.05, 0.1) is 41.2 Å². The molecule has 0 spiro atoms. The Balaban J connectivity index is 0.00000702. The molecule has 1 amide bonds. The summed E-state index contributed by atoms with van der Waals surface area (Å²) in [7, 11) is 1.43. The van der Waals surface area contributed by atoms with Crippen molar-refractivity contribution in [3.63, 3.8) is 0 Å². The van der Waals surface area contributed by atoms with Gasteiger partial charge in [-0.15, -0.1) is 0 Å². The second-order valence-corrected chi connectivity index (χ2v) is 13.4. The number of aromatic hydroxyl groups is 2. The number of anilines is 1.